The fourth-order valence-corrected chi connectivity index (χ4v) is 2.48. The number of benzene rings is 1. The van der Waals surface area contributed by atoms with Gasteiger partial charge >= 0.3 is 6.36 Å². The van der Waals surface area contributed by atoms with E-state index in [1.54, 1.807) is 6.07 Å². The number of halogens is 5. The van der Waals surface area contributed by atoms with Crippen LogP contribution in [0.25, 0.3) is 11.4 Å². The maximum Gasteiger partial charge on any atom is 0.573 e. The van der Waals surface area contributed by atoms with Crippen LogP contribution in [-0.4, -0.2) is 15.9 Å². The molecule has 0 saturated heterocycles. The van der Waals surface area contributed by atoms with Gasteiger partial charge < -0.3 is 9.30 Å². The van der Waals surface area contributed by atoms with Crippen molar-refractivity contribution >= 4 is 45.2 Å². The fraction of sp³-hybridized carbons (Fsp3) is 0.182. The van der Waals surface area contributed by atoms with Crippen molar-refractivity contribution < 1.29 is 17.9 Å². The van der Waals surface area contributed by atoms with E-state index in [4.69, 9.17) is 0 Å². The highest BCUT2D eigenvalue weighted by Crippen LogP contribution is 2.29. The van der Waals surface area contributed by atoms with E-state index in [0.29, 0.717) is 11.4 Å². The SMILES string of the molecule is Cn1c(-c2cccc(OC(F)(F)F)c2)nc(I)c1I. The lowest BCUT2D eigenvalue weighted by atomic mass is 10.2. The van der Waals surface area contributed by atoms with Crippen LogP contribution >= 0.6 is 45.2 Å². The third-order valence-corrected chi connectivity index (χ3v) is 5.33. The molecule has 3 nitrogen and oxygen atoms in total. The van der Waals surface area contributed by atoms with Crippen molar-refractivity contribution in [3.05, 3.63) is 31.7 Å². The molecule has 1 aromatic heterocycles. The molecule has 0 fully saturated rings. The Bertz CT molecular complexity index is 610. The number of ether oxygens (including phenoxy) is 1. The third-order valence-electron chi connectivity index (χ3n) is 2.31. The van der Waals surface area contributed by atoms with Crippen molar-refractivity contribution in [2.75, 3.05) is 0 Å². The van der Waals surface area contributed by atoms with Crippen LogP contribution < -0.4 is 4.74 Å². The summed E-state index contributed by atoms with van der Waals surface area (Å²) in [7, 11) is 1.81. The van der Waals surface area contributed by atoms with Gasteiger partial charge in [0, 0.05) is 12.6 Å². The summed E-state index contributed by atoms with van der Waals surface area (Å²) in [6.07, 6.45) is -4.69. The van der Waals surface area contributed by atoms with Crippen LogP contribution in [0.15, 0.2) is 24.3 Å². The normalized spacial score (nSPS) is 11.7. The standard InChI is InChI=1S/C11H7F3I2N2O/c1-18-9(16)8(15)17-10(18)6-3-2-4-7(5-6)19-11(12,13)14/h2-5H,1H3. The fourth-order valence-electron chi connectivity index (χ4n) is 1.54. The van der Waals surface area contributed by atoms with Crippen molar-refractivity contribution in [3.8, 4) is 17.1 Å². The molecular weight excluding hydrogens is 487 g/mol. The van der Waals surface area contributed by atoms with E-state index in [9.17, 15) is 13.2 Å². The lowest BCUT2D eigenvalue weighted by molar-refractivity contribution is -0.274. The molecule has 0 aliphatic heterocycles. The highest BCUT2D eigenvalue weighted by atomic mass is 127. The van der Waals surface area contributed by atoms with Crippen molar-refractivity contribution in [2.45, 2.75) is 6.36 Å². The minimum absolute atomic E-state index is 0.252. The highest BCUT2D eigenvalue weighted by Gasteiger charge is 2.31. The summed E-state index contributed by atoms with van der Waals surface area (Å²) < 4.78 is 44.0. The Balaban J connectivity index is 2.41. The van der Waals surface area contributed by atoms with E-state index < -0.39 is 6.36 Å². The zero-order valence-electron chi connectivity index (χ0n) is 9.50. The molecule has 0 spiro atoms. The van der Waals surface area contributed by atoms with Crippen LogP contribution in [0.1, 0.15) is 0 Å². The molecule has 0 N–H and O–H groups in total. The summed E-state index contributed by atoms with van der Waals surface area (Å²) in [6.45, 7) is 0. The first kappa shape index (κ1) is 14.9. The molecule has 0 radical (unpaired) electrons. The Morgan fingerprint density at radius 2 is 1.95 bits per heavy atom. The Kier molecular flexibility index (Phi) is 4.28. The van der Waals surface area contributed by atoms with Crippen LogP contribution in [0.4, 0.5) is 13.2 Å². The van der Waals surface area contributed by atoms with Gasteiger partial charge in [0.2, 0.25) is 0 Å². The lowest BCUT2D eigenvalue weighted by Crippen LogP contribution is -2.17. The summed E-state index contributed by atoms with van der Waals surface area (Å²) >= 11 is 4.21. The molecule has 0 aliphatic carbocycles. The summed E-state index contributed by atoms with van der Waals surface area (Å²) in [5.41, 5.74) is 0.574. The molecule has 0 aliphatic rings. The van der Waals surface area contributed by atoms with Crippen molar-refractivity contribution in [1.82, 2.24) is 9.55 Å². The molecule has 2 rings (SSSR count). The minimum atomic E-state index is -4.69. The maximum atomic E-state index is 12.2. The van der Waals surface area contributed by atoms with Crippen molar-refractivity contribution in [2.24, 2.45) is 7.05 Å². The van der Waals surface area contributed by atoms with Crippen LogP contribution in [0.5, 0.6) is 5.75 Å². The van der Waals surface area contributed by atoms with Crippen molar-refractivity contribution in [3.63, 3.8) is 0 Å². The van der Waals surface area contributed by atoms with Crippen LogP contribution in [0.3, 0.4) is 0 Å². The molecule has 102 valence electrons. The zero-order chi connectivity index (χ0) is 14.2. The van der Waals surface area contributed by atoms with Gasteiger partial charge in [-0.2, -0.15) is 0 Å². The highest BCUT2D eigenvalue weighted by molar-refractivity contribution is 14.1. The second-order valence-electron chi connectivity index (χ2n) is 3.65. The number of rotatable bonds is 2. The van der Waals surface area contributed by atoms with Gasteiger partial charge in [-0.05, 0) is 57.3 Å². The quantitative estimate of drug-likeness (QED) is 0.586. The van der Waals surface area contributed by atoms with Gasteiger partial charge in [0.05, 0.1) is 0 Å². The van der Waals surface area contributed by atoms with Gasteiger partial charge in [-0.3, -0.25) is 0 Å². The molecule has 8 heteroatoms. The number of hydrogen-bond acceptors (Lipinski definition) is 2. The first-order valence-corrected chi connectivity index (χ1v) is 7.17. The Morgan fingerprint density at radius 3 is 2.47 bits per heavy atom. The molecule has 19 heavy (non-hydrogen) atoms. The first-order chi connectivity index (χ1) is 8.78. The zero-order valence-corrected chi connectivity index (χ0v) is 13.8. The van der Waals surface area contributed by atoms with Crippen molar-refractivity contribution in [1.29, 1.82) is 0 Å². The summed E-state index contributed by atoms with van der Waals surface area (Å²) in [5, 5.41) is 0. The Labute approximate surface area is 134 Å². The Morgan fingerprint density at radius 1 is 1.26 bits per heavy atom. The average molecular weight is 494 g/mol. The number of alkyl halides is 3. The predicted molar refractivity (Wildman–Crippen MR) is 80.8 cm³/mol. The van der Waals surface area contributed by atoms with E-state index in [-0.39, 0.29) is 5.75 Å². The summed E-state index contributed by atoms with van der Waals surface area (Å²) in [6, 6.07) is 5.78. The van der Waals surface area contributed by atoms with E-state index >= 15 is 0 Å². The van der Waals surface area contributed by atoms with E-state index in [0.717, 1.165) is 7.40 Å². The monoisotopic (exact) mass is 494 g/mol. The van der Waals surface area contributed by atoms with Crippen LogP contribution in [0, 0.1) is 7.40 Å². The molecule has 0 atom stereocenters. The van der Waals surface area contributed by atoms with Gasteiger partial charge in [0.15, 0.2) is 0 Å². The van der Waals surface area contributed by atoms with Crippen LogP contribution in [0.2, 0.25) is 0 Å². The van der Waals surface area contributed by atoms with E-state index in [1.165, 1.54) is 18.2 Å². The molecule has 0 saturated carbocycles. The molecule has 0 unspecified atom stereocenters. The number of nitrogens with zero attached hydrogens (tertiary/aromatic N) is 2. The smallest absolute Gasteiger partial charge is 0.406 e. The first-order valence-electron chi connectivity index (χ1n) is 5.02. The molecule has 0 bridgehead atoms. The van der Waals surface area contributed by atoms with E-state index in [1.807, 2.05) is 11.6 Å². The molecule has 0 amide bonds. The van der Waals surface area contributed by atoms with Gasteiger partial charge in [0.25, 0.3) is 0 Å². The predicted octanol–water partition coefficient (Wildman–Crippen LogP) is 4.19. The Hall–Kier alpha value is -0.520. The third kappa shape index (κ3) is 3.52. The topological polar surface area (TPSA) is 27.1 Å². The van der Waals surface area contributed by atoms with Gasteiger partial charge in [-0.25, -0.2) is 4.98 Å². The molecular formula is C11H7F3I2N2O. The number of hydrogen-bond donors (Lipinski definition) is 0. The summed E-state index contributed by atoms with van der Waals surface area (Å²) in [4.78, 5) is 4.32. The van der Waals surface area contributed by atoms with E-state index in [2.05, 4.69) is 54.9 Å². The second kappa shape index (κ2) is 5.46. The molecule has 1 heterocycles. The molecule has 1 aromatic carbocycles. The molecule has 2 aromatic rings. The largest absolute Gasteiger partial charge is 0.573 e. The van der Waals surface area contributed by atoms with Crippen LogP contribution in [-0.2, 0) is 7.05 Å². The average Bonchev–Trinajstić information content (AvgIpc) is 2.55. The number of imidazole rings is 1. The minimum Gasteiger partial charge on any atom is -0.406 e. The van der Waals surface area contributed by atoms with Gasteiger partial charge in [0.1, 0.15) is 19.0 Å². The maximum absolute atomic E-state index is 12.2. The second-order valence-corrected chi connectivity index (χ2v) is 5.70. The van der Waals surface area contributed by atoms with Gasteiger partial charge in [-0.15, -0.1) is 13.2 Å². The lowest BCUT2D eigenvalue weighted by Gasteiger charge is -2.10. The summed E-state index contributed by atoms with van der Waals surface area (Å²) in [5.74, 6) is 0.347. The van der Waals surface area contributed by atoms with Gasteiger partial charge in [-0.1, -0.05) is 12.1 Å². The number of aromatic nitrogens is 2.